The molecule has 11 heteroatoms. The van der Waals surface area contributed by atoms with Crippen LogP contribution in [0.5, 0.6) is 11.5 Å². The molecular formula is C29H28F3N3O5. The maximum atomic E-state index is 13.9. The zero-order valence-electron chi connectivity index (χ0n) is 21.9. The summed E-state index contributed by atoms with van der Waals surface area (Å²) in [5.74, 6) is -2.94. The Hall–Kier alpha value is -4.28. The number of benzene rings is 2. The van der Waals surface area contributed by atoms with Gasteiger partial charge in [0.2, 0.25) is 0 Å². The zero-order valence-corrected chi connectivity index (χ0v) is 21.9. The SMILES string of the molecule is CCCN(c1ccccn1)c1cccc2c1OC[C@H]2N(C(=O)C(F)(F)F)c1ccc2c(c1)OC[C@H]2C(C)C(=O)O. The van der Waals surface area contributed by atoms with Crippen LogP contribution in [0.1, 0.15) is 43.4 Å². The number of hydrogen-bond donors (Lipinski definition) is 1. The van der Waals surface area contributed by atoms with Gasteiger partial charge in [-0.1, -0.05) is 38.1 Å². The molecule has 210 valence electrons. The van der Waals surface area contributed by atoms with E-state index in [1.165, 1.54) is 18.2 Å². The van der Waals surface area contributed by atoms with E-state index in [0.717, 1.165) is 6.42 Å². The van der Waals surface area contributed by atoms with E-state index in [1.807, 2.05) is 30.0 Å². The average Bonchev–Trinajstić information content (AvgIpc) is 3.56. The van der Waals surface area contributed by atoms with Crippen molar-refractivity contribution in [3.05, 3.63) is 71.9 Å². The van der Waals surface area contributed by atoms with Gasteiger partial charge in [-0.05, 0) is 30.7 Å². The van der Waals surface area contributed by atoms with Gasteiger partial charge >= 0.3 is 18.1 Å². The predicted octanol–water partition coefficient (Wildman–Crippen LogP) is 5.86. The molecule has 1 amide bonds. The van der Waals surface area contributed by atoms with E-state index in [0.29, 0.717) is 39.8 Å². The van der Waals surface area contributed by atoms with Gasteiger partial charge in [0.05, 0.1) is 24.3 Å². The number of aliphatic carboxylic acids is 1. The molecule has 0 bridgehead atoms. The summed E-state index contributed by atoms with van der Waals surface area (Å²) in [6.45, 7) is 4.04. The van der Waals surface area contributed by atoms with Gasteiger partial charge in [-0.15, -0.1) is 0 Å². The number of carboxylic acid groups (broad SMARTS) is 1. The number of para-hydroxylation sites is 1. The number of carboxylic acids is 1. The van der Waals surface area contributed by atoms with Crippen LogP contribution in [0, 0.1) is 5.92 Å². The van der Waals surface area contributed by atoms with Crippen molar-refractivity contribution in [3.8, 4) is 11.5 Å². The van der Waals surface area contributed by atoms with Crippen molar-refractivity contribution < 1.29 is 37.3 Å². The van der Waals surface area contributed by atoms with Crippen LogP contribution in [-0.2, 0) is 9.59 Å². The summed E-state index contributed by atoms with van der Waals surface area (Å²) in [4.78, 5) is 31.4. The maximum absolute atomic E-state index is 13.9. The molecule has 2 aliphatic heterocycles. The Labute approximate surface area is 228 Å². The Bertz CT molecular complexity index is 1420. The standard InChI is InChI=1S/C29H28F3N3O5/c1-3-13-34(25-9-4-5-12-33-25)22-8-6-7-20-23(16-40-26(20)22)35(28(38)29(30,31)32)18-10-11-19-21(17(2)27(36)37)15-39-24(19)14-18/h4-12,14,17,21,23H,3,13,15-16H2,1-2H3,(H,36,37)/t17?,21-,23+/m0/s1. The van der Waals surface area contributed by atoms with Gasteiger partial charge in [0.15, 0.2) is 0 Å². The number of fused-ring (bicyclic) bond motifs is 2. The Morgan fingerprint density at radius 1 is 1.07 bits per heavy atom. The van der Waals surface area contributed by atoms with Crippen molar-refractivity contribution in [2.24, 2.45) is 5.92 Å². The molecule has 0 aliphatic carbocycles. The highest BCUT2D eigenvalue weighted by Gasteiger charge is 2.48. The fourth-order valence-corrected chi connectivity index (χ4v) is 5.27. The molecule has 2 aliphatic rings. The minimum Gasteiger partial charge on any atom is -0.493 e. The van der Waals surface area contributed by atoms with Crippen LogP contribution >= 0.6 is 0 Å². The van der Waals surface area contributed by atoms with Crippen molar-refractivity contribution in [1.29, 1.82) is 0 Å². The topological polar surface area (TPSA) is 92.2 Å². The number of hydrogen-bond acceptors (Lipinski definition) is 6. The monoisotopic (exact) mass is 555 g/mol. The van der Waals surface area contributed by atoms with E-state index in [9.17, 15) is 27.9 Å². The molecule has 0 fully saturated rings. The summed E-state index contributed by atoms with van der Waals surface area (Å²) in [5.41, 5.74) is 1.63. The highest BCUT2D eigenvalue weighted by molar-refractivity contribution is 5.98. The first-order chi connectivity index (χ1) is 19.1. The zero-order chi connectivity index (χ0) is 28.6. The molecule has 40 heavy (non-hydrogen) atoms. The van der Waals surface area contributed by atoms with Gasteiger partial charge in [0, 0.05) is 41.5 Å². The number of carbonyl (C=O) groups excluding carboxylic acids is 1. The minimum absolute atomic E-state index is 0.0216. The van der Waals surface area contributed by atoms with Crippen LogP contribution in [0.2, 0.25) is 0 Å². The summed E-state index contributed by atoms with van der Waals surface area (Å²) in [6.07, 6.45) is -2.71. The second-order valence-electron chi connectivity index (χ2n) is 9.80. The average molecular weight is 556 g/mol. The van der Waals surface area contributed by atoms with Crippen molar-refractivity contribution in [3.63, 3.8) is 0 Å². The molecule has 3 aromatic rings. The highest BCUT2D eigenvalue weighted by Crippen LogP contribution is 2.48. The third-order valence-electron chi connectivity index (χ3n) is 7.29. The number of rotatable bonds is 8. The molecule has 5 rings (SSSR count). The van der Waals surface area contributed by atoms with Crippen molar-refractivity contribution in [2.45, 2.75) is 38.4 Å². The largest absolute Gasteiger partial charge is 0.493 e. The van der Waals surface area contributed by atoms with Gasteiger partial charge in [-0.2, -0.15) is 13.2 Å². The number of pyridine rings is 1. The second-order valence-corrected chi connectivity index (χ2v) is 9.80. The molecule has 0 spiro atoms. The lowest BCUT2D eigenvalue weighted by Crippen LogP contribution is -2.44. The third-order valence-corrected chi connectivity index (χ3v) is 7.29. The van der Waals surface area contributed by atoms with E-state index < -0.39 is 35.9 Å². The van der Waals surface area contributed by atoms with Gasteiger partial charge in [0.25, 0.3) is 0 Å². The number of amides is 1. The smallest absolute Gasteiger partial charge is 0.471 e. The normalized spacial score (nSPS) is 18.2. The van der Waals surface area contributed by atoms with Gasteiger partial charge < -0.3 is 19.5 Å². The molecule has 3 heterocycles. The third kappa shape index (κ3) is 4.91. The number of nitrogens with zero attached hydrogens (tertiary/aromatic N) is 3. The number of alkyl halides is 3. The van der Waals surface area contributed by atoms with E-state index in [1.54, 1.807) is 31.3 Å². The molecule has 1 N–H and O–H groups in total. The maximum Gasteiger partial charge on any atom is 0.471 e. The van der Waals surface area contributed by atoms with E-state index >= 15 is 0 Å². The Balaban J connectivity index is 1.56. The molecule has 0 saturated heterocycles. The summed E-state index contributed by atoms with van der Waals surface area (Å²) < 4.78 is 53.5. The van der Waals surface area contributed by atoms with Crippen molar-refractivity contribution in [2.75, 3.05) is 29.6 Å². The van der Waals surface area contributed by atoms with Crippen LogP contribution in [-0.4, -0.2) is 47.9 Å². The fraction of sp³-hybridized carbons (Fsp3) is 0.345. The molecule has 1 unspecified atom stereocenters. The summed E-state index contributed by atoms with van der Waals surface area (Å²) in [7, 11) is 0. The van der Waals surface area contributed by atoms with Crippen LogP contribution < -0.4 is 19.3 Å². The lowest BCUT2D eigenvalue weighted by atomic mass is 9.89. The quantitative estimate of drug-likeness (QED) is 0.373. The minimum atomic E-state index is -5.15. The van der Waals surface area contributed by atoms with Gasteiger partial charge in [-0.25, -0.2) is 4.98 Å². The van der Waals surface area contributed by atoms with Gasteiger partial charge in [-0.3, -0.25) is 14.5 Å². The van der Waals surface area contributed by atoms with Crippen LogP contribution in [0.25, 0.3) is 0 Å². The first-order valence-corrected chi connectivity index (χ1v) is 13.0. The number of aromatic nitrogens is 1. The number of halogens is 3. The Morgan fingerprint density at radius 3 is 2.55 bits per heavy atom. The fourth-order valence-electron chi connectivity index (χ4n) is 5.27. The second kappa shape index (κ2) is 10.7. The lowest BCUT2D eigenvalue weighted by molar-refractivity contribution is -0.171. The molecule has 1 aromatic heterocycles. The van der Waals surface area contributed by atoms with E-state index in [4.69, 9.17) is 9.47 Å². The van der Waals surface area contributed by atoms with Crippen molar-refractivity contribution in [1.82, 2.24) is 4.98 Å². The van der Waals surface area contributed by atoms with Crippen LogP contribution in [0.3, 0.4) is 0 Å². The predicted molar refractivity (Wildman–Crippen MR) is 141 cm³/mol. The highest BCUT2D eigenvalue weighted by atomic mass is 19.4. The first-order valence-electron chi connectivity index (χ1n) is 13.0. The van der Waals surface area contributed by atoms with Crippen LogP contribution in [0.4, 0.5) is 30.4 Å². The summed E-state index contributed by atoms with van der Waals surface area (Å²) in [6, 6.07) is 13.9. The molecule has 0 radical (unpaired) electrons. The Kier molecular flexibility index (Phi) is 7.31. The van der Waals surface area contributed by atoms with E-state index in [2.05, 4.69) is 4.98 Å². The molecular weight excluding hydrogens is 527 g/mol. The van der Waals surface area contributed by atoms with E-state index in [-0.39, 0.29) is 24.7 Å². The number of anilines is 3. The van der Waals surface area contributed by atoms with Crippen molar-refractivity contribution >= 4 is 29.1 Å². The molecule has 3 atom stereocenters. The summed E-state index contributed by atoms with van der Waals surface area (Å²) >= 11 is 0. The van der Waals surface area contributed by atoms with Gasteiger partial charge in [0.1, 0.15) is 23.9 Å². The molecule has 2 aromatic carbocycles. The first kappa shape index (κ1) is 27.3. The number of carbonyl (C=O) groups is 2. The molecule has 8 nitrogen and oxygen atoms in total. The number of ether oxygens (including phenoxy) is 2. The Morgan fingerprint density at radius 2 is 1.88 bits per heavy atom. The summed E-state index contributed by atoms with van der Waals surface area (Å²) in [5, 5.41) is 9.42. The molecule has 0 saturated carbocycles. The lowest BCUT2D eigenvalue weighted by Gasteiger charge is -2.30. The van der Waals surface area contributed by atoms with Crippen LogP contribution in [0.15, 0.2) is 60.8 Å².